The molecule has 0 bridgehead atoms. The maximum Gasteiger partial charge on any atom is 0.0895 e. The van der Waals surface area contributed by atoms with Crippen molar-refractivity contribution in [1.29, 1.82) is 0 Å². The average molecular weight is 107 g/mol. The Labute approximate surface area is 42.4 Å². The van der Waals surface area contributed by atoms with Crippen LogP contribution in [-0.4, -0.2) is 13.3 Å². The molecule has 0 spiro atoms. The van der Waals surface area contributed by atoms with Gasteiger partial charge in [-0.3, -0.25) is 4.39 Å². The van der Waals surface area contributed by atoms with Crippen LogP contribution in [-0.2, 0) is 4.84 Å². The Morgan fingerprint density at radius 3 is 2.57 bits per heavy atom. The molecule has 0 saturated heterocycles. The highest BCUT2D eigenvalue weighted by molar-refractivity contribution is 4.32. The largest absolute Gasteiger partial charge is 0.305 e. The normalized spacial score (nSPS) is 9.43. The van der Waals surface area contributed by atoms with Gasteiger partial charge in [0.05, 0.1) is 13.3 Å². The number of hydrogen-bond donors (Lipinski definition) is 1. The third-order valence-corrected chi connectivity index (χ3v) is 0.646. The van der Waals surface area contributed by atoms with E-state index in [0.29, 0.717) is 19.4 Å². The highest BCUT2D eigenvalue weighted by Gasteiger charge is 1.82. The molecule has 0 amide bonds. The Bertz CT molecular complexity index is 30.9. The van der Waals surface area contributed by atoms with Crippen LogP contribution < -0.4 is 5.90 Å². The van der Waals surface area contributed by atoms with Crippen molar-refractivity contribution in [2.24, 2.45) is 5.90 Å². The summed E-state index contributed by atoms with van der Waals surface area (Å²) in [5.74, 6) is 4.65. The van der Waals surface area contributed by atoms with Crippen LogP contribution in [0.2, 0.25) is 0 Å². The molecule has 0 radical (unpaired) electrons. The van der Waals surface area contributed by atoms with Gasteiger partial charge in [0.15, 0.2) is 0 Å². The molecular weight excluding hydrogens is 97.0 g/mol. The Morgan fingerprint density at radius 2 is 2.14 bits per heavy atom. The van der Waals surface area contributed by atoms with Gasteiger partial charge in [-0.1, -0.05) is 0 Å². The summed E-state index contributed by atoms with van der Waals surface area (Å²) in [6.07, 6.45) is 1.27. The number of unbranched alkanes of at least 4 members (excludes halogenated alkanes) is 1. The van der Waals surface area contributed by atoms with Crippen LogP contribution in [0.1, 0.15) is 12.8 Å². The van der Waals surface area contributed by atoms with Gasteiger partial charge >= 0.3 is 0 Å². The maximum atomic E-state index is 11.2. The SMILES string of the molecule is NOCCCCF. The second-order valence-electron chi connectivity index (χ2n) is 1.27. The molecule has 0 aliphatic carbocycles. The summed E-state index contributed by atoms with van der Waals surface area (Å²) < 4.78 is 11.2. The number of halogens is 1. The van der Waals surface area contributed by atoms with Crippen LogP contribution in [0.15, 0.2) is 0 Å². The van der Waals surface area contributed by atoms with Gasteiger partial charge in [-0.2, -0.15) is 0 Å². The highest BCUT2D eigenvalue weighted by Crippen LogP contribution is 1.86. The zero-order valence-electron chi connectivity index (χ0n) is 4.19. The second-order valence-corrected chi connectivity index (χ2v) is 1.27. The summed E-state index contributed by atoms with van der Waals surface area (Å²) >= 11 is 0. The standard InChI is InChI=1S/C4H10FNO/c5-3-1-2-4-7-6/h1-4,6H2. The van der Waals surface area contributed by atoms with E-state index in [1.807, 2.05) is 0 Å². The maximum absolute atomic E-state index is 11.2. The van der Waals surface area contributed by atoms with Crippen molar-refractivity contribution in [2.45, 2.75) is 12.8 Å². The van der Waals surface area contributed by atoms with Crippen LogP contribution in [0.3, 0.4) is 0 Å². The molecule has 0 aromatic heterocycles. The lowest BCUT2D eigenvalue weighted by atomic mass is 10.3. The summed E-state index contributed by atoms with van der Waals surface area (Å²) in [5, 5.41) is 0. The van der Waals surface area contributed by atoms with E-state index in [0.717, 1.165) is 0 Å². The van der Waals surface area contributed by atoms with Crippen molar-refractivity contribution in [2.75, 3.05) is 13.3 Å². The van der Waals surface area contributed by atoms with E-state index in [1.165, 1.54) is 0 Å². The van der Waals surface area contributed by atoms with Crippen molar-refractivity contribution in [3.05, 3.63) is 0 Å². The summed E-state index contributed by atoms with van der Waals surface area (Å²) in [7, 11) is 0. The second kappa shape index (κ2) is 5.85. The van der Waals surface area contributed by atoms with Gasteiger partial charge in [-0.05, 0) is 12.8 Å². The molecule has 0 aromatic carbocycles. The fraction of sp³-hybridized carbons (Fsp3) is 1.00. The molecule has 0 unspecified atom stereocenters. The van der Waals surface area contributed by atoms with Crippen molar-refractivity contribution in [3.63, 3.8) is 0 Å². The number of hydrogen-bond acceptors (Lipinski definition) is 2. The molecule has 44 valence electrons. The molecule has 0 atom stereocenters. The Morgan fingerprint density at radius 1 is 1.43 bits per heavy atom. The molecule has 0 fully saturated rings. The summed E-state index contributed by atoms with van der Waals surface area (Å²) in [6, 6.07) is 0. The van der Waals surface area contributed by atoms with Crippen molar-refractivity contribution >= 4 is 0 Å². The van der Waals surface area contributed by atoms with E-state index >= 15 is 0 Å². The predicted molar refractivity (Wildman–Crippen MR) is 25.3 cm³/mol. The smallest absolute Gasteiger partial charge is 0.0895 e. The van der Waals surface area contributed by atoms with Gasteiger partial charge in [-0.25, -0.2) is 5.90 Å². The molecule has 3 heteroatoms. The fourth-order valence-electron chi connectivity index (χ4n) is 0.280. The minimum atomic E-state index is -0.274. The quantitative estimate of drug-likeness (QED) is 0.422. The molecule has 0 rings (SSSR count). The molecule has 0 aliphatic heterocycles. The molecule has 0 aromatic rings. The van der Waals surface area contributed by atoms with Gasteiger partial charge in [0.2, 0.25) is 0 Å². The lowest BCUT2D eigenvalue weighted by Crippen LogP contribution is -2.00. The summed E-state index contributed by atoms with van der Waals surface area (Å²) in [4.78, 5) is 4.18. The third-order valence-electron chi connectivity index (χ3n) is 0.646. The Hall–Kier alpha value is -0.150. The molecular formula is C4H10FNO. The van der Waals surface area contributed by atoms with Crippen molar-refractivity contribution in [3.8, 4) is 0 Å². The van der Waals surface area contributed by atoms with Gasteiger partial charge in [-0.15, -0.1) is 0 Å². The predicted octanol–water partition coefficient (Wildman–Crippen LogP) is 0.626. The van der Waals surface area contributed by atoms with Gasteiger partial charge in [0.25, 0.3) is 0 Å². The molecule has 7 heavy (non-hydrogen) atoms. The molecule has 2 nitrogen and oxygen atoms in total. The average Bonchev–Trinajstić information content (AvgIpc) is 1.69. The summed E-state index contributed by atoms with van der Waals surface area (Å²) in [5.41, 5.74) is 0. The molecule has 2 N–H and O–H groups in total. The lowest BCUT2D eigenvalue weighted by Gasteiger charge is -1.90. The fourth-order valence-corrected chi connectivity index (χ4v) is 0.280. The number of nitrogens with two attached hydrogens (primary N) is 1. The monoisotopic (exact) mass is 107 g/mol. The first-order valence-electron chi connectivity index (χ1n) is 2.29. The third kappa shape index (κ3) is 5.85. The molecule has 0 aliphatic rings. The molecule has 0 saturated carbocycles. The minimum absolute atomic E-state index is 0.274. The van der Waals surface area contributed by atoms with E-state index in [2.05, 4.69) is 10.7 Å². The summed E-state index contributed by atoms with van der Waals surface area (Å²) in [6.45, 7) is 0.188. The van der Waals surface area contributed by atoms with Gasteiger partial charge in [0, 0.05) is 0 Å². The number of alkyl halides is 1. The van der Waals surface area contributed by atoms with Gasteiger partial charge < -0.3 is 4.84 Å². The van der Waals surface area contributed by atoms with Crippen LogP contribution in [0, 0.1) is 0 Å². The van der Waals surface area contributed by atoms with Gasteiger partial charge in [0.1, 0.15) is 0 Å². The van der Waals surface area contributed by atoms with E-state index in [1.54, 1.807) is 0 Å². The van der Waals surface area contributed by atoms with E-state index < -0.39 is 0 Å². The van der Waals surface area contributed by atoms with Crippen LogP contribution in [0.4, 0.5) is 4.39 Å². The van der Waals surface area contributed by atoms with Crippen LogP contribution in [0.25, 0.3) is 0 Å². The minimum Gasteiger partial charge on any atom is -0.305 e. The first-order chi connectivity index (χ1) is 3.41. The van der Waals surface area contributed by atoms with Crippen molar-refractivity contribution < 1.29 is 9.23 Å². The topological polar surface area (TPSA) is 35.2 Å². The van der Waals surface area contributed by atoms with Crippen molar-refractivity contribution in [1.82, 2.24) is 0 Å². The lowest BCUT2D eigenvalue weighted by molar-refractivity contribution is 0.132. The first-order valence-corrected chi connectivity index (χ1v) is 2.29. The first kappa shape index (κ1) is 6.85. The van der Waals surface area contributed by atoms with Crippen LogP contribution in [0.5, 0.6) is 0 Å². The zero-order chi connectivity index (χ0) is 5.54. The van der Waals surface area contributed by atoms with E-state index in [9.17, 15) is 4.39 Å². The zero-order valence-corrected chi connectivity index (χ0v) is 4.19. The Balaban J connectivity index is 2.45. The number of rotatable bonds is 4. The molecule has 0 heterocycles. The Kier molecular flexibility index (Phi) is 5.72. The van der Waals surface area contributed by atoms with Crippen LogP contribution >= 0.6 is 0 Å². The van der Waals surface area contributed by atoms with E-state index in [4.69, 9.17) is 0 Å². The highest BCUT2D eigenvalue weighted by atomic mass is 19.1. The van der Waals surface area contributed by atoms with E-state index in [-0.39, 0.29) is 6.67 Å².